The van der Waals surface area contributed by atoms with Crippen LogP contribution in [0, 0.1) is 0 Å². The third-order valence-corrected chi connectivity index (χ3v) is 13.1. The highest BCUT2D eigenvalue weighted by Gasteiger charge is 2.42. The summed E-state index contributed by atoms with van der Waals surface area (Å²) < 4.78 is 6.28. The van der Waals surface area contributed by atoms with Gasteiger partial charge in [0.05, 0.1) is 33.6 Å². The lowest BCUT2D eigenvalue weighted by Gasteiger charge is -2.16. The monoisotopic (exact) mass is 963 g/mol. The van der Waals surface area contributed by atoms with Crippen molar-refractivity contribution in [2.45, 2.75) is 6.92 Å². The summed E-state index contributed by atoms with van der Waals surface area (Å²) in [5, 5.41) is 19.2. The predicted octanol–water partition coefficient (Wildman–Crippen LogP) is 11.7. The quantitative estimate of drug-likeness (QED) is 0.0614. The molecule has 0 fully saturated rings. The molecule has 356 valence electrons. The van der Waals surface area contributed by atoms with Crippen molar-refractivity contribution in [2.75, 3.05) is 50.0 Å². The van der Waals surface area contributed by atoms with Crippen LogP contribution in [-0.2, 0) is 0 Å². The Morgan fingerprint density at radius 2 is 0.904 bits per heavy atom. The van der Waals surface area contributed by atoms with Gasteiger partial charge >= 0.3 is 6.03 Å². The van der Waals surface area contributed by atoms with Gasteiger partial charge in [0.25, 0.3) is 29.5 Å². The standard InChI is InChI=1S/C57H41N9O7/c1-3-59-33-15-23-39-41-25-17-35(29-47(41)64-45(39)27-33)62-57(72)61-31-12-20-37(21-13-31)66-54(69)43-7-5-9-49(51(43)56(66)71)73-48-8-4-6-42-50(48)55(70)65(53(42)68)36-18-10-30(11-19-36)52(67)60-34-16-24-40-38-22-14-32(58-2)26-44(38)63-46(40)28-34/h4-29,58-59,63-64H,3H2,1-2H3,(H,60,67)(H2,61,62,72). The molecular formula is C57H41N9O7. The van der Waals surface area contributed by atoms with E-state index in [0.717, 1.165) is 71.3 Å². The maximum atomic E-state index is 14.1. The van der Waals surface area contributed by atoms with Gasteiger partial charge in [-0.2, -0.15) is 0 Å². The van der Waals surface area contributed by atoms with Crippen LogP contribution in [0.3, 0.4) is 0 Å². The maximum Gasteiger partial charge on any atom is 0.323 e. The average molecular weight is 964 g/mol. The molecular weight excluding hydrogens is 923 g/mol. The molecule has 0 bridgehead atoms. The zero-order valence-corrected chi connectivity index (χ0v) is 39.0. The minimum absolute atomic E-state index is 0.00403. The Hall–Kier alpha value is -10.2. The van der Waals surface area contributed by atoms with E-state index in [4.69, 9.17) is 4.74 Å². The topological polar surface area (TPSA) is 210 Å². The van der Waals surface area contributed by atoms with Crippen LogP contribution in [0.15, 0.2) is 158 Å². The highest BCUT2D eigenvalue weighted by Crippen LogP contribution is 2.41. The molecule has 0 unspecified atom stereocenters. The number of benzene rings is 8. The van der Waals surface area contributed by atoms with Crippen molar-refractivity contribution in [1.29, 1.82) is 0 Å². The van der Waals surface area contributed by atoms with Gasteiger partial charge in [-0.1, -0.05) is 36.4 Å². The van der Waals surface area contributed by atoms with E-state index in [1.165, 1.54) is 48.5 Å². The molecule has 16 nitrogen and oxygen atoms in total. The van der Waals surface area contributed by atoms with Crippen LogP contribution < -0.4 is 41.1 Å². The van der Waals surface area contributed by atoms with Gasteiger partial charge in [-0.25, -0.2) is 14.6 Å². The van der Waals surface area contributed by atoms with Crippen molar-refractivity contribution in [3.8, 4) is 11.5 Å². The molecule has 0 atom stereocenters. The summed E-state index contributed by atoms with van der Waals surface area (Å²) in [5.74, 6) is -2.91. The minimum Gasteiger partial charge on any atom is -0.456 e. The van der Waals surface area contributed by atoms with Crippen LogP contribution >= 0.6 is 0 Å². The van der Waals surface area contributed by atoms with E-state index in [2.05, 4.69) is 48.7 Å². The average Bonchev–Trinajstić information content (AvgIpc) is 4.10. The van der Waals surface area contributed by atoms with Crippen molar-refractivity contribution in [2.24, 2.45) is 0 Å². The van der Waals surface area contributed by atoms with Crippen molar-refractivity contribution in [1.82, 2.24) is 9.97 Å². The minimum atomic E-state index is -0.672. The third kappa shape index (κ3) is 7.57. The molecule has 16 heteroatoms. The van der Waals surface area contributed by atoms with Gasteiger partial charge < -0.3 is 41.3 Å². The van der Waals surface area contributed by atoms with E-state index < -0.39 is 29.7 Å². The number of aromatic amines is 2. The van der Waals surface area contributed by atoms with Gasteiger partial charge in [0, 0.05) is 91.2 Å². The summed E-state index contributed by atoms with van der Waals surface area (Å²) in [6.45, 7) is 2.85. The Kier molecular flexibility index (Phi) is 10.4. The number of H-pyrrole nitrogens is 2. The van der Waals surface area contributed by atoms with E-state index in [-0.39, 0.29) is 51.0 Å². The molecule has 2 aliphatic heterocycles. The molecule has 0 aliphatic carbocycles. The number of hydrogen-bond acceptors (Lipinski definition) is 9. The number of nitrogens with zero attached hydrogens (tertiary/aromatic N) is 2. The van der Waals surface area contributed by atoms with Crippen LogP contribution in [0.1, 0.15) is 58.7 Å². The van der Waals surface area contributed by atoms with Crippen molar-refractivity contribution in [3.05, 3.63) is 186 Å². The van der Waals surface area contributed by atoms with E-state index in [1.807, 2.05) is 74.6 Å². The first-order valence-corrected chi connectivity index (χ1v) is 23.4. The lowest BCUT2D eigenvalue weighted by atomic mass is 10.1. The number of hydrogen-bond donors (Lipinski definition) is 7. The van der Waals surface area contributed by atoms with Crippen molar-refractivity contribution >= 4 is 119 Å². The number of amides is 7. The number of aromatic nitrogens is 2. The van der Waals surface area contributed by atoms with Crippen LogP contribution in [0.2, 0.25) is 0 Å². The largest absolute Gasteiger partial charge is 0.456 e. The normalized spacial score (nSPS) is 13.0. The fraction of sp³-hybridized carbons (Fsp3) is 0.0526. The number of fused-ring (bicyclic) bond motifs is 8. The third-order valence-electron chi connectivity index (χ3n) is 13.1. The zero-order valence-electron chi connectivity index (χ0n) is 39.0. The Labute approximate surface area is 414 Å². The second-order valence-electron chi connectivity index (χ2n) is 17.5. The molecule has 8 aromatic carbocycles. The lowest BCUT2D eigenvalue weighted by Crippen LogP contribution is -2.29. The summed E-state index contributed by atoms with van der Waals surface area (Å²) in [7, 11) is 1.86. The van der Waals surface area contributed by atoms with E-state index >= 15 is 0 Å². The second-order valence-corrected chi connectivity index (χ2v) is 17.5. The molecule has 0 radical (unpaired) electrons. The van der Waals surface area contributed by atoms with Crippen LogP contribution in [0.4, 0.5) is 44.6 Å². The molecule has 7 N–H and O–H groups in total. The van der Waals surface area contributed by atoms with E-state index in [9.17, 15) is 28.8 Å². The molecule has 2 aromatic heterocycles. The lowest BCUT2D eigenvalue weighted by molar-refractivity contribution is 0.0910. The van der Waals surface area contributed by atoms with Gasteiger partial charge in [0.2, 0.25) is 0 Å². The number of ether oxygens (including phenoxy) is 1. The Morgan fingerprint density at radius 3 is 1.41 bits per heavy atom. The number of carbonyl (C=O) groups is 6. The number of nitrogens with one attached hydrogen (secondary N) is 7. The number of anilines is 7. The molecule has 0 saturated heterocycles. The molecule has 2 aliphatic rings. The molecule has 0 saturated carbocycles. The first-order valence-electron chi connectivity index (χ1n) is 23.4. The van der Waals surface area contributed by atoms with Crippen LogP contribution in [-0.4, -0.2) is 59.1 Å². The molecule has 7 amide bonds. The maximum absolute atomic E-state index is 14.1. The fourth-order valence-electron chi connectivity index (χ4n) is 9.66. The Balaban J connectivity index is 0.716. The molecule has 73 heavy (non-hydrogen) atoms. The van der Waals surface area contributed by atoms with Gasteiger partial charge in [-0.05, 0) is 128 Å². The van der Waals surface area contributed by atoms with Crippen LogP contribution in [0.5, 0.6) is 11.5 Å². The molecule has 10 aromatic rings. The van der Waals surface area contributed by atoms with Crippen LogP contribution in [0.25, 0.3) is 43.6 Å². The van der Waals surface area contributed by atoms with Crippen molar-refractivity contribution < 1.29 is 33.5 Å². The fourth-order valence-corrected chi connectivity index (χ4v) is 9.66. The van der Waals surface area contributed by atoms with E-state index in [0.29, 0.717) is 22.6 Å². The molecule has 0 spiro atoms. The summed E-state index contributed by atoms with van der Waals surface area (Å²) in [4.78, 5) is 91.3. The smallest absolute Gasteiger partial charge is 0.323 e. The van der Waals surface area contributed by atoms with Gasteiger partial charge in [0.1, 0.15) is 11.5 Å². The summed E-state index contributed by atoms with van der Waals surface area (Å²) in [6, 6.07) is 44.5. The van der Waals surface area contributed by atoms with Gasteiger partial charge in [-0.15, -0.1) is 0 Å². The SMILES string of the molecule is CCNc1ccc2c(c1)[nH]c1cc(NC(=O)Nc3ccc(N4C(=O)c5cccc(Oc6cccc7c6C(=O)N(c6ccc(C(=O)Nc8ccc9c(c8)[nH]c8cc(NC)ccc89)cc6)C7=O)c5C4=O)cc3)ccc12. The first kappa shape index (κ1) is 44.0. The number of imide groups is 2. The number of urea groups is 1. The second kappa shape index (κ2) is 17.3. The zero-order chi connectivity index (χ0) is 50.1. The first-order chi connectivity index (χ1) is 35.5. The highest BCUT2D eigenvalue weighted by atomic mass is 16.5. The molecule has 12 rings (SSSR count). The Bertz CT molecular complexity index is 4010. The summed E-state index contributed by atoms with van der Waals surface area (Å²) in [5.41, 5.74) is 8.11. The van der Waals surface area contributed by atoms with Crippen molar-refractivity contribution in [3.63, 3.8) is 0 Å². The highest BCUT2D eigenvalue weighted by molar-refractivity contribution is 6.36. The Morgan fingerprint density at radius 1 is 0.479 bits per heavy atom. The van der Waals surface area contributed by atoms with Gasteiger partial charge in [-0.3, -0.25) is 24.0 Å². The number of rotatable bonds is 11. The van der Waals surface area contributed by atoms with Gasteiger partial charge in [0.15, 0.2) is 0 Å². The number of carbonyl (C=O) groups excluding carboxylic acids is 6. The van der Waals surface area contributed by atoms with E-state index in [1.54, 1.807) is 36.4 Å². The summed E-state index contributed by atoms with van der Waals surface area (Å²) in [6.07, 6.45) is 0. The predicted molar refractivity (Wildman–Crippen MR) is 284 cm³/mol. The summed E-state index contributed by atoms with van der Waals surface area (Å²) >= 11 is 0. The molecule has 4 heterocycles.